The van der Waals surface area contributed by atoms with Crippen molar-refractivity contribution >= 4 is 34.2 Å². The monoisotopic (exact) mass is 817 g/mol. The average Bonchev–Trinajstić information content (AvgIpc) is 3.75. The summed E-state index contributed by atoms with van der Waals surface area (Å²) in [6.45, 7) is 18.6. The maximum absolute atomic E-state index is 2.35. The van der Waals surface area contributed by atoms with Gasteiger partial charge in [-0.05, 0) is 74.3 Å². The van der Waals surface area contributed by atoms with Crippen molar-refractivity contribution < 1.29 is 9.15 Å². The van der Waals surface area contributed by atoms with Gasteiger partial charge in [-0.1, -0.05) is 149 Å². The van der Waals surface area contributed by atoms with Crippen LogP contribution in [0.3, 0.4) is 0 Å². The highest BCUT2D eigenvalue weighted by molar-refractivity contribution is 6.03. The third-order valence-corrected chi connectivity index (χ3v) is 14.2. The molecule has 0 unspecified atom stereocenters. The lowest BCUT2D eigenvalue weighted by Crippen LogP contribution is -2.26. The summed E-state index contributed by atoms with van der Waals surface area (Å²) in [6, 6.07) is 35.1. The minimum absolute atomic E-state index is 0.0994. The number of rotatable bonds is 9. The zero-order valence-electron chi connectivity index (χ0n) is 39.0. The summed E-state index contributed by atoms with van der Waals surface area (Å²) in [5.41, 5.74) is 17.3. The van der Waals surface area contributed by atoms with Crippen LogP contribution in [0.1, 0.15) is 77.6 Å². The standard InChI is InChI=1S/C58H64N4/c1-55(2)43-27-15-19-31-47(43)59(9)51(55)35-23-13-25-41(37-39-53-57(5,6)45-29-17-21-33-49(45)61(53)11)42(38-40-54-58(7,8)46-30-18-22-34-50(46)62(54)12)26-14-24-36-52-56(3,4)44-28-16-20-32-48(44)60(52)10/h13-40H,1-12H3/q+2. The molecule has 0 radical (unpaired) electrons. The van der Waals surface area contributed by atoms with Gasteiger partial charge in [0.05, 0.1) is 10.8 Å². The lowest BCUT2D eigenvalue weighted by molar-refractivity contribution is -0.401. The minimum atomic E-state index is -0.150. The summed E-state index contributed by atoms with van der Waals surface area (Å²) in [6.07, 6.45) is 27.2. The van der Waals surface area contributed by atoms with Crippen LogP contribution in [-0.4, -0.2) is 48.8 Å². The molecule has 0 aromatic heterocycles. The van der Waals surface area contributed by atoms with Gasteiger partial charge in [-0.25, -0.2) is 0 Å². The molecular weight excluding hydrogens is 753 g/mol. The van der Waals surface area contributed by atoms with Gasteiger partial charge in [-0.15, -0.1) is 0 Å². The van der Waals surface area contributed by atoms with E-state index in [1.54, 1.807) is 0 Å². The Balaban J connectivity index is 1.24. The highest BCUT2D eigenvalue weighted by Gasteiger charge is 2.44. The van der Waals surface area contributed by atoms with E-state index in [-0.39, 0.29) is 21.7 Å². The van der Waals surface area contributed by atoms with Crippen molar-refractivity contribution in [3.05, 3.63) is 215 Å². The maximum Gasteiger partial charge on any atom is 0.209 e. The van der Waals surface area contributed by atoms with Crippen molar-refractivity contribution in [3.63, 3.8) is 0 Å². The fourth-order valence-electron chi connectivity index (χ4n) is 10.7. The van der Waals surface area contributed by atoms with E-state index >= 15 is 0 Å². The summed E-state index contributed by atoms with van der Waals surface area (Å²) in [5.74, 6) is 0. The predicted molar refractivity (Wildman–Crippen MR) is 265 cm³/mol. The van der Waals surface area contributed by atoms with E-state index in [1.165, 1.54) is 67.8 Å². The van der Waals surface area contributed by atoms with Crippen molar-refractivity contribution in [2.45, 2.75) is 77.0 Å². The van der Waals surface area contributed by atoms with E-state index < -0.39 is 0 Å². The summed E-state index contributed by atoms with van der Waals surface area (Å²) in [4.78, 5) is 4.71. The molecule has 314 valence electrons. The SMILES string of the molecule is CN1\C(=C/C=C(\C=C\C=C\C2=[N+](C)c3ccccc3C2(C)C)C(/C=C/C=C/C2=[N+](C)c3ccccc3C2(C)C)=C/C=C2/N(C)c3ccccc3C2(C)C)C(C)(C)c2ccccc21. The topological polar surface area (TPSA) is 12.5 Å². The molecule has 0 saturated heterocycles. The number of hydrogen-bond acceptors (Lipinski definition) is 2. The predicted octanol–water partition coefficient (Wildman–Crippen LogP) is 13.1. The highest BCUT2D eigenvalue weighted by Crippen LogP contribution is 2.48. The van der Waals surface area contributed by atoms with Crippen molar-refractivity contribution in [3.8, 4) is 0 Å². The first-order valence-corrected chi connectivity index (χ1v) is 22.1. The number of anilines is 2. The van der Waals surface area contributed by atoms with Crippen molar-refractivity contribution in [1.82, 2.24) is 0 Å². The van der Waals surface area contributed by atoms with Gasteiger partial charge < -0.3 is 9.80 Å². The molecule has 0 spiro atoms. The van der Waals surface area contributed by atoms with Crippen LogP contribution in [0.15, 0.2) is 193 Å². The van der Waals surface area contributed by atoms with Crippen molar-refractivity contribution in [2.24, 2.45) is 0 Å². The Bertz CT molecular complexity index is 2590. The minimum Gasteiger partial charge on any atom is -0.347 e. The Morgan fingerprint density at radius 2 is 0.774 bits per heavy atom. The molecule has 0 fully saturated rings. The van der Waals surface area contributed by atoms with Crippen molar-refractivity contribution in [1.29, 1.82) is 0 Å². The van der Waals surface area contributed by atoms with Crippen LogP contribution in [0.25, 0.3) is 0 Å². The largest absolute Gasteiger partial charge is 0.347 e. The fourth-order valence-corrected chi connectivity index (χ4v) is 10.7. The first-order chi connectivity index (χ1) is 29.5. The first kappa shape index (κ1) is 42.4. The molecule has 4 heterocycles. The van der Waals surface area contributed by atoms with Crippen LogP contribution < -0.4 is 9.80 Å². The number of allylic oxidation sites excluding steroid dienone is 16. The van der Waals surface area contributed by atoms with E-state index in [0.717, 1.165) is 11.1 Å². The summed E-state index contributed by atoms with van der Waals surface area (Å²) < 4.78 is 4.67. The molecule has 0 amide bonds. The van der Waals surface area contributed by atoms with Crippen LogP contribution in [-0.2, 0) is 21.7 Å². The van der Waals surface area contributed by atoms with E-state index in [0.29, 0.717) is 0 Å². The second kappa shape index (κ2) is 15.9. The van der Waals surface area contributed by atoms with Gasteiger partial charge in [-0.2, -0.15) is 9.15 Å². The zero-order valence-corrected chi connectivity index (χ0v) is 39.0. The number of para-hydroxylation sites is 4. The molecule has 4 aromatic rings. The zero-order chi connectivity index (χ0) is 44.2. The van der Waals surface area contributed by atoms with Gasteiger partial charge in [0.1, 0.15) is 14.1 Å². The number of nitrogens with zero attached hydrogens (tertiary/aromatic N) is 4. The lowest BCUT2D eigenvalue weighted by Gasteiger charge is -2.24. The fraction of sp³-hybridized carbons (Fsp3) is 0.276. The van der Waals surface area contributed by atoms with Crippen LogP contribution in [0, 0.1) is 0 Å². The molecule has 4 heteroatoms. The normalized spacial score (nSPS) is 21.2. The molecule has 0 atom stereocenters. The van der Waals surface area contributed by atoms with Gasteiger partial charge in [0.2, 0.25) is 11.4 Å². The third-order valence-electron chi connectivity index (χ3n) is 14.2. The van der Waals surface area contributed by atoms with Crippen molar-refractivity contribution in [2.75, 3.05) is 38.0 Å². The molecule has 0 N–H and O–H groups in total. The molecule has 8 rings (SSSR count). The molecule has 0 bridgehead atoms. The Kier molecular flexibility index (Phi) is 10.9. The molecular formula is C58H64N4+2. The van der Waals surface area contributed by atoms with Gasteiger partial charge in [-0.3, -0.25) is 0 Å². The molecule has 4 aromatic carbocycles. The lowest BCUT2D eigenvalue weighted by atomic mass is 9.81. The van der Waals surface area contributed by atoms with E-state index in [4.69, 9.17) is 0 Å². The number of hydrogen-bond donors (Lipinski definition) is 0. The number of likely N-dealkylation sites (N-methyl/N-ethyl adjacent to an activating group) is 2. The Morgan fingerprint density at radius 3 is 1.13 bits per heavy atom. The second-order valence-electron chi connectivity index (χ2n) is 19.4. The summed E-state index contributed by atoms with van der Waals surface area (Å²) in [7, 11) is 8.75. The Morgan fingerprint density at radius 1 is 0.435 bits per heavy atom. The summed E-state index contributed by atoms with van der Waals surface area (Å²) in [5, 5.41) is 0. The second-order valence-corrected chi connectivity index (χ2v) is 19.4. The summed E-state index contributed by atoms with van der Waals surface area (Å²) >= 11 is 0. The quantitative estimate of drug-likeness (QED) is 0.123. The molecule has 0 aliphatic carbocycles. The Labute approximate surface area is 371 Å². The molecule has 0 saturated carbocycles. The van der Waals surface area contributed by atoms with Gasteiger partial charge in [0.15, 0.2) is 11.4 Å². The van der Waals surface area contributed by atoms with Crippen LogP contribution in [0.4, 0.5) is 22.7 Å². The van der Waals surface area contributed by atoms with E-state index in [2.05, 4.69) is 273 Å². The van der Waals surface area contributed by atoms with Crippen LogP contribution in [0.2, 0.25) is 0 Å². The molecule has 4 nitrogen and oxygen atoms in total. The average molecular weight is 817 g/mol. The van der Waals surface area contributed by atoms with Gasteiger partial charge >= 0.3 is 0 Å². The maximum atomic E-state index is 2.35. The van der Waals surface area contributed by atoms with Gasteiger partial charge in [0.25, 0.3) is 0 Å². The van der Waals surface area contributed by atoms with Gasteiger partial charge in [0, 0.05) is 83.1 Å². The number of benzene rings is 4. The van der Waals surface area contributed by atoms with Crippen LogP contribution in [0.5, 0.6) is 0 Å². The van der Waals surface area contributed by atoms with E-state index in [1.807, 2.05) is 0 Å². The molecule has 4 aliphatic heterocycles. The van der Waals surface area contributed by atoms with E-state index in [9.17, 15) is 0 Å². The number of fused-ring (bicyclic) bond motifs is 4. The molecule has 62 heavy (non-hydrogen) atoms. The highest BCUT2D eigenvalue weighted by atomic mass is 15.2. The molecule has 4 aliphatic rings. The smallest absolute Gasteiger partial charge is 0.209 e. The first-order valence-electron chi connectivity index (χ1n) is 22.1. The Hall–Kier alpha value is -6.26. The van der Waals surface area contributed by atoms with Crippen LogP contribution >= 0.6 is 0 Å². The third kappa shape index (κ3) is 7.04.